The molecule has 12 heavy (non-hydrogen) atoms. The van der Waals surface area contributed by atoms with E-state index >= 15 is 0 Å². The predicted octanol–water partition coefficient (Wildman–Crippen LogP) is 2.88. The monoisotopic (exact) mass is 248 g/mol. The van der Waals surface area contributed by atoms with E-state index in [9.17, 15) is 0 Å². The Morgan fingerprint density at radius 3 is 2.25 bits per heavy atom. The van der Waals surface area contributed by atoms with Crippen LogP contribution in [-0.2, 0) is 0 Å². The topological polar surface area (TPSA) is 38.4 Å². The van der Waals surface area contributed by atoms with Crippen molar-refractivity contribution in [1.82, 2.24) is 0 Å². The van der Waals surface area contributed by atoms with Crippen molar-refractivity contribution in [3.05, 3.63) is 28.7 Å². The average Bonchev–Trinajstić information content (AvgIpc) is 1.93. The number of halogens is 2. The normalized spacial score (nSPS) is 10.7. The summed E-state index contributed by atoms with van der Waals surface area (Å²) < 4.78 is 1.05. The molecule has 2 nitrogen and oxygen atoms in total. The Hall–Kier alpha value is -0.540. The summed E-state index contributed by atoms with van der Waals surface area (Å²) in [5.41, 5.74) is 6.28. The second-order valence-electron chi connectivity index (χ2n) is 2.23. The number of amidine groups is 1. The van der Waals surface area contributed by atoms with Crippen molar-refractivity contribution in [2.24, 2.45) is 10.7 Å². The maximum Gasteiger partial charge on any atom is 0.0964 e. The number of nitrogens with two attached hydrogens (primary N) is 1. The van der Waals surface area contributed by atoms with Crippen molar-refractivity contribution < 1.29 is 0 Å². The van der Waals surface area contributed by atoms with Crippen LogP contribution in [0.2, 0.25) is 0 Å². The van der Waals surface area contributed by atoms with Crippen LogP contribution in [-0.4, -0.2) is 5.84 Å². The number of benzene rings is 1. The SMILES string of the molecule is CC(N)=Nc1ccc(Br)cc1.Cl. The molecule has 0 aliphatic carbocycles. The van der Waals surface area contributed by atoms with Crippen molar-refractivity contribution in [2.45, 2.75) is 6.92 Å². The van der Waals surface area contributed by atoms with E-state index in [-0.39, 0.29) is 12.4 Å². The van der Waals surface area contributed by atoms with E-state index in [2.05, 4.69) is 20.9 Å². The third-order valence-corrected chi connectivity index (χ3v) is 1.66. The highest BCUT2D eigenvalue weighted by Gasteiger charge is 1.88. The van der Waals surface area contributed by atoms with Gasteiger partial charge in [0.05, 0.1) is 11.5 Å². The molecule has 4 heteroatoms. The van der Waals surface area contributed by atoms with Crippen LogP contribution < -0.4 is 5.73 Å². The molecular weight excluding hydrogens is 239 g/mol. The van der Waals surface area contributed by atoms with Gasteiger partial charge >= 0.3 is 0 Å². The van der Waals surface area contributed by atoms with E-state index in [1.807, 2.05) is 24.3 Å². The van der Waals surface area contributed by atoms with Gasteiger partial charge in [-0.3, -0.25) is 0 Å². The zero-order valence-electron chi connectivity index (χ0n) is 6.62. The zero-order valence-corrected chi connectivity index (χ0v) is 9.02. The summed E-state index contributed by atoms with van der Waals surface area (Å²) >= 11 is 3.33. The largest absolute Gasteiger partial charge is 0.387 e. The van der Waals surface area contributed by atoms with Crippen LogP contribution in [0.5, 0.6) is 0 Å². The molecule has 1 aromatic rings. The molecule has 0 aromatic heterocycles. The molecule has 1 aromatic carbocycles. The fraction of sp³-hybridized carbons (Fsp3) is 0.125. The average molecular weight is 250 g/mol. The smallest absolute Gasteiger partial charge is 0.0964 e. The van der Waals surface area contributed by atoms with Crippen molar-refractivity contribution in [1.29, 1.82) is 0 Å². The van der Waals surface area contributed by atoms with E-state index in [1.165, 1.54) is 0 Å². The Bertz CT molecular complexity index is 265. The molecule has 0 saturated heterocycles. The van der Waals surface area contributed by atoms with Crippen LogP contribution in [0.3, 0.4) is 0 Å². The van der Waals surface area contributed by atoms with E-state index in [4.69, 9.17) is 5.73 Å². The molecule has 66 valence electrons. The number of nitrogens with zero attached hydrogens (tertiary/aromatic N) is 1. The second kappa shape index (κ2) is 5.17. The number of aliphatic imine (C=N–C) groups is 1. The summed E-state index contributed by atoms with van der Waals surface area (Å²) in [6.07, 6.45) is 0. The molecule has 1 rings (SSSR count). The van der Waals surface area contributed by atoms with Gasteiger partial charge in [0.1, 0.15) is 0 Å². The minimum Gasteiger partial charge on any atom is -0.387 e. The summed E-state index contributed by atoms with van der Waals surface area (Å²) in [5, 5.41) is 0. The van der Waals surface area contributed by atoms with E-state index in [1.54, 1.807) is 6.92 Å². The van der Waals surface area contributed by atoms with Gasteiger partial charge < -0.3 is 5.73 Å². The highest BCUT2D eigenvalue weighted by molar-refractivity contribution is 9.10. The van der Waals surface area contributed by atoms with Gasteiger partial charge in [0.15, 0.2) is 0 Å². The molecule has 2 N–H and O–H groups in total. The molecule has 0 spiro atoms. The van der Waals surface area contributed by atoms with Crippen molar-refractivity contribution in [3.8, 4) is 0 Å². The highest BCUT2D eigenvalue weighted by atomic mass is 79.9. The fourth-order valence-electron chi connectivity index (χ4n) is 0.719. The van der Waals surface area contributed by atoms with Crippen LogP contribution in [0.4, 0.5) is 5.69 Å². The fourth-order valence-corrected chi connectivity index (χ4v) is 0.984. The Morgan fingerprint density at radius 2 is 1.83 bits per heavy atom. The first-order chi connectivity index (χ1) is 5.18. The second-order valence-corrected chi connectivity index (χ2v) is 3.15. The Labute approximate surface area is 86.4 Å². The third-order valence-electron chi connectivity index (χ3n) is 1.13. The molecule has 0 aliphatic heterocycles. The van der Waals surface area contributed by atoms with Gasteiger partial charge in [-0.15, -0.1) is 12.4 Å². The quantitative estimate of drug-likeness (QED) is 0.603. The number of rotatable bonds is 1. The van der Waals surface area contributed by atoms with E-state index in [0.717, 1.165) is 10.2 Å². The van der Waals surface area contributed by atoms with Crippen LogP contribution in [0.1, 0.15) is 6.92 Å². The summed E-state index contributed by atoms with van der Waals surface area (Å²) in [5.74, 6) is 0.576. The van der Waals surface area contributed by atoms with Crippen molar-refractivity contribution in [2.75, 3.05) is 0 Å². The molecule has 0 amide bonds. The number of hydrogen-bond acceptors (Lipinski definition) is 1. The number of hydrogen-bond donors (Lipinski definition) is 1. The molecule has 0 heterocycles. The molecule has 0 bridgehead atoms. The standard InChI is InChI=1S/C8H9BrN2.ClH/c1-6(10)11-8-4-2-7(9)3-5-8;/h2-5H,1H3,(H2,10,11);1H. The Kier molecular flexibility index (Phi) is 4.93. The lowest BCUT2D eigenvalue weighted by Crippen LogP contribution is -2.03. The zero-order chi connectivity index (χ0) is 8.27. The molecule has 0 unspecified atom stereocenters. The first-order valence-corrected chi connectivity index (χ1v) is 4.04. The van der Waals surface area contributed by atoms with Gasteiger partial charge in [-0.25, -0.2) is 4.99 Å². The van der Waals surface area contributed by atoms with Gasteiger partial charge in [0.2, 0.25) is 0 Å². The highest BCUT2D eigenvalue weighted by Crippen LogP contribution is 2.16. The molecule has 0 atom stereocenters. The summed E-state index contributed by atoms with van der Waals surface area (Å²) in [7, 11) is 0. The van der Waals surface area contributed by atoms with E-state index < -0.39 is 0 Å². The predicted molar refractivity (Wildman–Crippen MR) is 58.3 cm³/mol. The minimum atomic E-state index is 0. The lowest BCUT2D eigenvalue weighted by molar-refractivity contribution is 1.44. The molecule has 0 radical (unpaired) electrons. The van der Waals surface area contributed by atoms with Crippen molar-refractivity contribution in [3.63, 3.8) is 0 Å². The van der Waals surface area contributed by atoms with Crippen LogP contribution in [0.25, 0.3) is 0 Å². The van der Waals surface area contributed by atoms with Crippen LogP contribution in [0.15, 0.2) is 33.7 Å². The third kappa shape index (κ3) is 3.74. The first-order valence-electron chi connectivity index (χ1n) is 3.25. The lowest BCUT2D eigenvalue weighted by Gasteiger charge is -1.93. The summed E-state index contributed by atoms with van der Waals surface area (Å²) in [6, 6.07) is 7.67. The van der Waals surface area contributed by atoms with Crippen molar-refractivity contribution >= 4 is 39.9 Å². The molecule has 0 saturated carbocycles. The van der Waals surface area contributed by atoms with Gasteiger partial charge in [0.25, 0.3) is 0 Å². The molecular formula is C8H10BrClN2. The maximum absolute atomic E-state index is 5.40. The molecule has 0 fully saturated rings. The summed E-state index contributed by atoms with van der Waals surface area (Å²) in [6.45, 7) is 1.77. The molecule has 0 aliphatic rings. The minimum absolute atomic E-state index is 0. The maximum atomic E-state index is 5.40. The van der Waals surface area contributed by atoms with E-state index in [0.29, 0.717) is 5.84 Å². The Morgan fingerprint density at radius 1 is 1.33 bits per heavy atom. The van der Waals surface area contributed by atoms with Gasteiger partial charge in [-0.2, -0.15) is 0 Å². The summed E-state index contributed by atoms with van der Waals surface area (Å²) in [4.78, 5) is 4.07. The lowest BCUT2D eigenvalue weighted by atomic mass is 10.3. The van der Waals surface area contributed by atoms with Gasteiger partial charge in [-0.05, 0) is 31.2 Å². The first kappa shape index (κ1) is 11.5. The van der Waals surface area contributed by atoms with Gasteiger partial charge in [0, 0.05) is 4.47 Å². The van der Waals surface area contributed by atoms with Gasteiger partial charge in [-0.1, -0.05) is 15.9 Å². The van der Waals surface area contributed by atoms with Crippen LogP contribution in [0, 0.1) is 0 Å². The Balaban J connectivity index is 0.00000121. The van der Waals surface area contributed by atoms with Crippen LogP contribution >= 0.6 is 28.3 Å².